The summed E-state index contributed by atoms with van der Waals surface area (Å²) in [5, 5.41) is 12.3. The van der Waals surface area contributed by atoms with E-state index in [4.69, 9.17) is 0 Å². The fourth-order valence-corrected chi connectivity index (χ4v) is 2.71. The number of rotatable bonds is 4. The maximum atomic E-state index is 13.4. The molecule has 0 radical (unpaired) electrons. The molecule has 2 aromatic rings. The molecule has 1 saturated heterocycles. The predicted molar refractivity (Wildman–Crippen MR) is 86.9 cm³/mol. The van der Waals surface area contributed by atoms with Crippen LogP contribution < -0.4 is 10.6 Å². The lowest BCUT2D eigenvalue weighted by Gasteiger charge is -2.13. The number of amides is 1. The lowest BCUT2D eigenvalue weighted by molar-refractivity contribution is -0.143. The highest BCUT2D eigenvalue weighted by atomic mass is 35.5. The van der Waals surface area contributed by atoms with E-state index in [1.807, 2.05) is 0 Å². The van der Waals surface area contributed by atoms with Gasteiger partial charge in [0, 0.05) is 12.6 Å². The number of carbonyl (C=O) groups is 1. The molecule has 0 aliphatic carbocycles. The van der Waals surface area contributed by atoms with E-state index in [-0.39, 0.29) is 30.7 Å². The van der Waals surface area contributed by atoms with Gasteiger partial charge in [-0.2, -0.15) is 13.2 Å². The zero-order valence-corrected chi connectivity index (χ0v) is 14.2. The van der Waals surface area contributed by atoms with Gasteiger partial charge in [-0.25, -0.2) is 9.07 Å². The van der Waals surface area contributed by atoms with Crippen molar-refractivity contribution in [1.29, 1.82) is 0 Å². The average Bonchev–Trinajstić information content (AvgIpc) is 3.21. The molecule has 0 spiro atoms. The Morgan fingerprint density at radius 2 is 2.15 bits per heavy atom. The molecule has 2 heterocycles. The first kappa shape index (κ1) is 20.1. The summed E-state index contributed by atoms with van der Waals surface area (Å²) in [5.74, 6) is -1.69. The molecule has 0 saturated carbocycles. The van der Waals surface area contributed by atoms with Gasteiger partial charge in [-0.3, -0.25) is 4.79 Å². The molecule has 2 N–H and O–H groups in total. The van der Waals surface area contributed by atoms with Crippen molar-refractivity contribution in [3.63, 3.8) is 0 Å². The number of aromatic nitrogens is 3. The number of nitrogens with one attached hydrogen (secondary N) is 2. The van der Waals surface area contributed by atoms with E-state index < -0.39 is 29.3 Å². The Kier molecular flexibility index (Phi) is 6.19. The van der Waals surface area contributed by atoms with Crippen LogP contribution in [-0.4, -0.2) is 40.0 Å². The molecule has 1 unspecified atom stereocenters. The van der Waals surface area contributed by atoms with E-state index in [2.05, 4.69) is 20.9 Å². The molecular formula is C15H16ClF4N5O. The Morgan fingerprint density at radius 3 is 2.77 bits per heavy atom. The van der Waals surface area contributed by atoms with E-state index in [9.17, 15) is 22.4 Å². The van der Waals surface area contributed by atoms with Gasteiger partial charge in [-0.15, -0.1) is 17.5 Å². The van der Waals surface area contributed by atoms with Crippen LogP contribution >= 0.6 is 12.4 Å². The fraction of sp³-hybridized carbons (Fsp3) is 0.400. The standard InChI is InChI=1S/C15H15F4N5O.ClH/c16-9-3-1-5-11(7-9)24-13(15(17,18)19)12(22-23-24)14(25)21-8-10-4-2-6-20-10;/h1,3,5,7,10,20H,2,4,6,8H2,(H,21,25);1H. The van der Waals surface area contributed by atoms with E-state index in [1.54, 1.807) is 0 Å². The molecule has 6 nitrogen and oxygen atoms in total. The Bertz CT molecular complexity index is 774. The van der Waals surface area contributed by atoms with Crippen molar-refractivity contribution < 1.29 is 22.4 Å². The second-order valence-corrected chi connectivity index (χ2v) is 5.68. The van der Waals surface area contributed by atoms with Gasteiger partial charge < -0.3 is 10.6 Å². The summed E-state index contributed by atoms with van der Waals surface area (Å²) in [5.41, 5.74) is -2.35. The van der Waals surface area contributed by atoms with E-state index >= 15 is 0 Å². The highest BCUT2D eigenvalue weighted by Crippen LogP contribution is 2.32. The van der Waals surface area contributed by atoms with Crippen LogP contribution in [0.2, 0.25) is 0 Å². The van der Waals surface area contributed by atoms with Gasteiger partial charge in [-0.1, -0.05) is 11.3 Å². The van der Waals surface area contributed by atoms with Crippen LogP contribution in [0.5, 0.6) is 0 Å². The molecule has 142 valence electrons. The highest BCUT2D eigenvalue weighted by molar-refractivity contribution is 5.93. The fourth-order valence-electron chi connectivity index (χ4n) is 2.71. The maximum Gasteiger partial charge on any atom is 0.435 e. The van der Waals surface area contributed by atoms with Gasteiger partial charge in [0.1, 0.15) is 5.82 Å². The first-order chi connectivity index (χ1) is 11.9. The molecule has 3 rings (SSSR count). The summed E-state index contributed by atoms with van der Waals surface area (Å²) in [6, 6.07) is 4.50. The quantitative estimate of drug-likeness (QED) is 0.782. The molecule has 1 amide bonds. The third kappa shape index (κ3) is 4.31. The number of nitrogens with zero attached hydrogens (tertiary/aromatic N) is 3. The minimum Gasteiger partial charge on any atom is -0.349 e. The van der Waals surface area contributed by atoms with E-state index in [1.165, 1.54) is 12.1 Å². The van der Waals surface area contributed by atoms with Crippen molar-refractivity contribution in [1.82, 2.24) is 25.6 Å². The second-order valence-electron chi connectivity index (χ2n) is 5.68. The highest BCUT2D eigenvalue weighted by Gasteiger charge is 2.42. The molecule has 1 aromatic carbocycles. The van der Waals surface area contributed by atoms with E-state index in [0.29, 0.717) is 4.68 Å². The lowest BCUT2D eigenvalue weighted by atomic mass is 10.2. The van der Waals surface area contributed by atoms with Crippen LogP contribution in [0, 0.1) is 5.82 Å². The van der Waals surface area contributed by atoms with Crippen molar-refractivity contribution in [2.45, 2.75) is 25.1 Å². The Morgan fingerprint density at radius 1 is 1.38 bits per heavy atom. The average molecular weight is 394 g/mol. The van der Waals surface area contributed by atoms with Crippen molar-refractivity contribution in [2.24, 2.45) is 0 Å². The largest absolute Gasteiger partial charge is 0.435 e. The summed E-state index contributed by atoms with van der Waals surface area (Å²) in [6.07, 6.45) is -3.10. The van der Waals surface area contributed by atoms with Crippen LogP contribution in [0.3, 0.4) is 0 Å². The second kappa shape index (κ2) is 8.00. The van der Waals surface area contributed by atoms with Gasteiger partial charge in [0.25, 0.3) is 5.91 Å². The molecule has 1 aromatic heterocycles. The van der Waals surface area contributed by atoms with Gasteiger partial charge in [0.05, 0.1) is 5.69 Å². The van der Waals surface area contributed by atoms with Crippen molar-refractivity contribution in [3.05, 3.63) is 41.5 Å². The summed E-state index contributed by atoms with van der Waals surface area (Å²) < 4.78 is 54.1. The maximum absolute atomic E-state index is 13.4. The summed E-state index contributed by atoms with van der Waals surface area (Å²) in [4.78, 5) is 12.2. The zero-order chi connectivity index (χ0) is 18.0. The van der Waals surface area contributed by atoms with Crippen molar-refractivity contribution in [2.75, 3.05) is 13.1 Å². The van der Waals surface area contributed by atoms with Gasteiger partial charge in [-0.05, 0) is 37.6 Å². The van der Waals surface area contributed by atoms with Gasteiger partial charge in [0.2, 0.25) is 0 Å². The van der Waals surface area contributed by atoms with Crippen LogP contribution in [0.4, 0.5) is 17.6 Å². The third-order valence-electron chi connectivity index (χ3n) is 3.88. The molecular weight excluding hydrogens is 378 g/mol. The molecule has 11 heteroatoms. The van der Waals surface area contributed by atoms with Crippen LogP contribution in [-0.2, 0) is 6.18 Å². The number of benzene rings is 1. The van der Waals surface area contributed by atoms with Crippen LogP contribution in [0.1, 0.15) is 29.0 Å². The Balaban J connectivity index is 0.00000243. The minimum absolute atomic E-state index is 0. The molecule has 0 bridgehead atoms. The van der Waals surface area contributed by atoms with E-state index in [0.717, 1.165) is 31.5 Å². The van der Waals surface area contributed by atoms with Crippen molar-refractivity contribution in [3.8, 4) is 5.69 Å². The number of hydrogen-bond acceptors (Lipinski definition) is 4. The lowest BCUT2D eigenvalue weighted by Crippen LogP contribution is -2.38. The topological polar surface area (TPSA) is 71.8 Å². The third-order valence-corrected chi connectivity index (χ3v) is 3.88. The van der Waals surface area contributed by atoms with Gasteiger partial charge >= 0.3 is 6.18 Å². The monoisotopic (exact) mass is 393 g/mol. The van der Waals surface area contributed by atoms with Crippen LogP contribution in [0.25, 0.3) is 5.69 Å². The Hall–Kier alpha value is -2.20. The Labute approximate surface area is 152 Å². The predicted octanol–water partition coefficient (Wildman–Crippen LogP) is 2.33. The van der Waals surface area contributed by atoms with Crippen molar-refractivity contribution >= 4 is 18.3 Å². The number of halogens is 5. The smallest absolute Gasteiger partial charge is 0.349 e. The molecule has 1 fully saturated rings. The molecule has 26 heavy (non-hydrogen) atoms. The van der Waals surface area contributed by atoms with Crippen LogP contribution in [0.15, 0.2) is 24.3 Å². The molecule has 1 atom stereocenters. The number of hydrogen-bond donors (Lipinski definition) is 2. The normalized spacial score (nSPS) is 17.0. The van der Waals surface area contributed by atoms with Gasteiger partial charge in [0.15, 0.2) is 11.4 Å². The molecule has 1 aliphatic rings. The zero-order valence-electron chi connectivity index (χ0n) is 13.4. The number of alkyl halides is 3. The summed E-state index contributed by atoms with van der Waals surface area (Å²) in [6.45, 7) is 1.01. The summed E-state index contributed by atoms with van der Waals surface area (Å²) in [7, 11) is 0. The SMILES string of the molecule is Cl.O=C(NCC1CCCN1)c1nnn(-c2cccc(F)c2)c1C(F)(F)F. The molecule has 1 aliphatic heterocycles. The summed E-state index contributed by atoms with van der Waals surface area (Å²) >= 11 is 0. The minimum atomic E-state index is -4.88. The first-order valence-electron chi connectivity index (χ1n) is 7.66. The first-order valence-corrected chi connectivity index (χ1v) is 7.66. The number of carbonyl (C=O) groups excluding carboxylic acids is 1.